The molecule has 1 aliphatic rings. The maximum Gasteiger partial charge on any atom is 0.253 e. The lowest BCUT2D eigenvalue weighted by molar-refractivity contribution is -0.120. The molecule has 0 fully saturated rings. The van der Waals surface area contributed by atoms with Crippen molar-refractivity contribution >= 4 is 40.9 Å². The second kappa shape index (κ2) is 9.34. The third kappa shape index (κ3) is 4.67. The molecule has 1 aliphatic heterocycles. The Kier molecular flexibility index (Phi) is 6.82. The minimum atomic E-state index is -0.273. The fourth-order valence-electron chi connectivity index (χ4n) is 3.37. The first kappa shape index (κ1) is 21.9. The number of rotatable bonds is 6. The number of amides is 3. The third-order valence-corrected chi connectivity index (χ3v) is 6.34. The van der Waals surface area contributed by atoms with E-state index in [0.29, 0.717) is 30.0 Å². The number of benzene rings is 2. The van der Waals surface area contributed by atoms with Gasteiger partial charge in [-0.1, -0.05) is 6.07 Å². The molecule has 6 nitrogen and oxygen atoms in total. The van der Waals surface area contributed by atoms with Gasteiger partial charge in [-0.25, -0.2) is 0 Å². The number of hydrogen-bond acceptors (Lipinski definition) is 4. The average molecular weight is 426 g/mol. The fraction of sp³-hybridized carbons (Fsp3) is 0.348. The Morgan fingerprint density at radius 3 is 2.47 bits per heavy atom. The van der Waals surface area contributed by atoms with Crippen molar-refractivity contribution in [3.05, 3.63) is 53.1 Å². The van der Waals surface area contributed by atoms with E-state index < -0.39 is 0 Å². The van der Waals surface area contributed by atoms with Crippen LogP contribution in [0.4, 0.5) is 11.4 Å². The standard InChI is InChI=1S/C23H27N3O3S/c1-5-25(6-2)23(29)17-8-10-20-19(12-17)26(22(28)14-30-20)13-21(27)24-18-9-7-15(3)16(4)11-18/h7-12H,5-6,13-14H2,1-4H3,(H,24,27). The first-order valence-corrected chi connectivity index (χ1v) is 11.1. The highest BCUT2D eigenvalue weighted by atomic mass is 32.2. The van der Waals surface area contributed by atoms with E-state index in [9.17, 15) is 14.4 Å². The molecular weight excluding hydrogens is 398 g/mol. The summed E-state index contributed by atoms with van der Waals surface area (Å²) in [5, 5.41) is 2.87. The molecule has 0 saturated carbocycles. The van der Waals surface area contributed by atoms with Gasteiger partial charge in [0.15, 0.2) is 0 Å². The van der Waals surface area contributed by atoms with Crippen LogP contribution in [0.2, 0.25) is 0 Å². The number of aryl methyl sites for hydroxylation is 2. The number of anilines is 2. The molecule has 2 aromatic carbocycles. The number of nitrogens with zero attached hydrogens (tertiary/aromatic N) is 2. The number of carbonyl (C=O) groups is 3. The molecule has 0 aliphatic carbocycles. The highest BCUT2D eigenvalue weighted by Crippen LogP contribution is 2.36. The Labute approximate surface area is 181 Å². The van der Waals surface area contributed by atoms with Crippen molar-refractivity contribution in [1.82, 2.24) is 4.90 Å². The van der Waals surface area contributed by atoms with Crippen molar-refractivity contribution in [2.45, 2.75) is 32.6 Å². The first-order chi connectivity index (χ1) is 14.3. The zero-order valence-corrected chi connectivity index (χ0v) is 18.6. The Hall–Kier alpha value is -2.80. The average Bonchev–Trinajstić information content (AvgIpc) is 2.73. The third-order valence-electron chi connectivity index (χ3n) is 5.29. The number of fused-ring (bicyclic) bond motifs is 1. The highest BCUT2D eigenvalue weighted by Gasteiger charge is 2.28. The summed E-state index contributed by atoms with van der Waals surface area (Å²) in [6.07, 6.45) is 0. The van der Waals surface area contributed by atoms with Gasteiger partial charge in [-0.3, -0.25) is 14.4 Å². The maximum absolute atomic E-state index is 12.7. The van der Waals surface area contributed by atoms with Crippen molar-refractivity contribution in [3.8, 4) is 0 Å². The van der Waals surface area contributed by atoms with Gasteiger partial charge in [-0.05, 0) is 69.2 Å². The molecule has 3 amide bonds. The molecule has 0 unspecified atom stereocenters. The number of thioether (sulfide) groups is 1. The Balaban J connectivity index is 1.82. The van der Waals surface area contributed by atoms with Gasteiger partial charge in [0.1, 0.15) is 6.54 Å². The monoisotopic (exact) mass is 425 g/mol. The van der Waals surface area contributed by atoms with Gasteiger partial charge in [0.2, 0.25) is 11.8 Å². The Morgan fingerprint density at radius 2 is 1.80 bits per heavy atom. The normalized spacial score (nSPS) is 13.1. The Bertz CT molecular complexity index is 986. The van der Waals surface area contributed by atoms with Crippen molar-refractivity contribution in [2.24, 2.45) is 0 Å². The predicted molar refractivity (Wildman–Crippen MR) is 121 cm³/mol. The second-order valence-corrected chi connectivity index (χ2v) is 8.29. The SMILES string of the molecule is CCN(CC)C(=O)c1ccc2c(c1)N(CC(=O)Nc1ccc(C)c(C)c1)C(=O)CS2. The van der Waals surface area contributed by atoms with E-state index in [0.717, 1.165) is 16.0 Å². The topological polar surface area (TPSA) is 69.7 Å². The summed E-state index contributed by atoms with van der Waals surface area (Å²) >= 11 is 1.43. The van der Waals surface area contributed by atoms with Crippen LogP contribution < -0.4 is 10.2 Å². The van der Waals surface area contributed by atoms with Gasteiger partial charge >= 0.3 is 0 Å². The minimum absolute atomic E-state index is 0.0784. The van der Waals surface area contributed by atoms with Crippen molar-refractivity contribution in [2.75, 3.05) is 35.6 Å². The van der Waals surface area contributed by atoms with Gasteiger partial charge in [-0.15, -0.1) is 11.8 Å². The van der Waals surface area contributed by atoms with E-state index in [1.807, 2.05) is 52.0 Å². The quantitative estimate of drug-likeness (QED) is 0.763. The van der Waals surface area contributed by atoms with E-state index in [2.05, 4.69) is 5.32 Å². The molecule has 1 N–H and O–H groups in total. The number of hydrogen-bond donors (Lipinski definition) is 1. The van der Waals surface area contributed by atoms with E-state index >= 15 is 0 Å². The summed E-state index contributed by atoms with van der Waals surface area (Å²) in [6.45, 7) is 9.00. The molecule has 0 saturated heterocycles. The van der Waals surface area contributed by atoms with Gasteiger partial charge in [0, 0.05) is 29.2 Å². The molecule has 0 bridgehead atoms. The number of nitrogens with one attached hydrogen (secondary N) is 1. The second-order valence-electron chi connectivity index (χ2n) is 7.28. The number of carbonyl (C=O) groups excluding carboxylic acids is 3. The van der Waals surface area contributed by atoms with Crippen LogP contribution in [0, 0.1) is 13.8 Å². The lowest BCUT2D eigenvalue weighted by Crippen LogP contribution is -2.41. The summed E-state index contributed by atoms with van der Waals surface area (Å²) in [7, 11) is 0. The van der Waals surface area contributed by atoms with Gasteiger partial charge < -0.3 is 15.1 Å². The van der Waals surface area contributed by atoms with E-state index in [1.165, 1.54) is 16.7 Å². The maximum atomic E-state index is 12.7. The van der Waals surface area contributed by atoms with E-state index in [4.69, 9.17) is 0 Å². The van der Waals surface area contributed by atoms with E-state index in [1.54, 1.807) is 17.0 Å². The van der Waals surface area contributed by atoms with Crippen LogP contribution in [0.1, 0.15) is 35.3 Å². The van der Waals surface area contributed by atoms with Crippen LogP contribution in [0.15, 0.2) is 41.3 Å². The molecule has 7 heteroatoms. The van der Waals surface area contributed by atoms with Gasteiger partial charge in [0.25, 0.3) is 5.91 Å². The summed E-state index contributed by atoms with van der Waals surface area (Å²) in [6, 6.07) is 11.1. The Morgan fingerprint density at radius 1 is 1.07 bits per heavy atom. The largest absolute Gasteiger partial charge is 0.339 e. The van der Waals surface area contributed by atoms with Crippen LogP contribution in [0.25, 0.3) is 0 Å². The van der Waals surface area contributed by atoms with Crippen molar-refractivity contribution < 1.29 is 14.4 Å². The van der Waals surface area contributed by atoms with Gasteiger partial charge in [-0.2, -0.15) is 0 Å². The van der Waals surface area contributed by atoms with Crippen molar-refractivity contribution in [1.29, 1.82) is 0 Å². The minimum Gasteiger partial charge on any atom is -0.339 e. The summed E-state index contributed by atoms with van der Waals surface area (Å²) in [5.74, 6) is -0.224. The fourth-order valence-corrected chi connectivity index (χ4v) is 4.28. The van der Waals surface area contributed by atoms with Crippen LogP contribution in [0.3, 0.4) is 0 Å². The summed E-state index contributed by atoms with van der Waals surface area (Å²) < 4.78 is 0. The van der Waals surface area contributed by atoms with Crippen LogP contribution >= 0.6 is 11.8 Å². The molecule has 1 heterocycles. The lowest BCUT2D eigenvalue weighted by Gasteiger charge is -2.29. The smallest absolute Gasteiger partial charge is 0.253 e. The molecule has 30 heavy (non-hydrogen) atoms. The zero-order chi connectivity index (χ0) is 21.8. The van der Waals surface area contributed by atoms with Crippen LogP contribution in [-0.2, 0) is 9.59 Å². The molecule has 0 atom stereocenters. The summed E-state index contributed by atoms with van der Waals surface area (Å²) in [4.78, 5) is 42.1. The molecule has 0 radical (unpaired) electrons. The molecular formula is C23H27N3O3S. The predicted octanol–water partition coefficient (Wildman–Crippen LogP) is 3.86. The van der Waals surface area contributed by atoms with Crippen molar-refractivity contribution in [3.63, 3.8) is 0 Å². The zero-order valence-electron chi connectivity index (χ0n) is 17.8. The van der Waals surface area contributed by atoms with Gasteiger partial charge in [0.05, 0.1) is 11.4 Å². The molecule has 2 aromatic rings. The molecule has 0 aromatic heterocycles. The van der Waals surface area contributed by atoms with E-state index in [-0.39, 0.29) is 30.0 Å². The first-order valence-electron chi connectivity index (χ1n) is 10.1. The highest BCUT2D eigenvalue weighted by molar-refractivity contribution is 8.00. The molecule has 158 valence electrons. The molecule has 3 rings (SSSR count). The molecule has 0 spiro atoms. The van der Waals surface area contributed by atoms with Crippen LogP contribution in [-0.4, -0.2) is 48.0 Å². The van der Waals surface area contributed by atoms with Crippen LogP contribution in [0.5, 0.6) is 0 Å². The lowest BCUT2D eigenvalue weighted by atomic mass is 10.1. The summed E-state index contributed by atoms with van der Waals surface area (Å²) in [5.41, 5.74) is 4.07.